The van der Waals surface area contributed by atoms with Gasteiger partial charge in [-0.25, -0.2) is 9.18 Å². The van der Waals surface area contributed by atoms with E-state index >= 15 is 0 Å². The van der Waals surface area contributed by atoms with Crippen molar-refractivity contribution in [1.29, 1.82) is 0 Å². The molecule has 0 aliphatic rings. The highest BCUT2D eigenvalue weighted by Crippen LogP contribution is 2.20. The molecule has 1 heterocycles. The number of aromatic amines is 1. The van der Waals surface area contributed by atoms with Crippen LogP contribution in [0.3, 0.4) is 0 Å². The number of esters is 1. The maximum atomic E-state index is 13.0. The fourth-order valence-electron chi connectivity index (χ4n) is 3.36. The zero-order chi connectivity index (χ0) is 23.3. The number of benzene rings is 2. The summed E-state index contributed by atoms with van der Waals surface area (Å²) in [5, 5.41) is 5.57. The summed E-state index contributed by atoms with van der Waals surface area (Å²) in [5.74, 6) is -1.62. The molecule has 0 radical (unpaired) electrons. The van der Waals surface area contributed by atoms with Crippen molar-refractivity contribution in [2.45, 2.75) is 26.8 Å². The van der Waals surface area contributed by atoms with Crippen molar-refractivity contribution in [2.24, 2.45) is 0 Å². The van der Waals surface area contributed by atoms with Gasteiger partial charge in [-0.15, -0.1) is 0 Å². The number of amides is 2. The normalized spacial score (nSPS) is 10.5. The molecule has 3 rings (SSSR count). The number of methoxy groups -OCH3 is 1. The van der Waals surface area contributed by atoms with Crippen LogP contribution >= 0.6 is 0 Å². The van der Waals surface area contributed by atoms with Gasteiger partial charge >= 0.3 is 5.97 Å². The Morgan fingerprint density at radius 2 is 1.78 bits per heavy atom. The minimum atomic E-state index is -0.487. The van der Waals surface area contributed by atoms with Crippen LogP contribution in [0.2, 0.25) is 0 Å². The smallest absolute Gasteiger partial charge is 0.339 e. The van der Waals surface area contributed by atoms with E-state index in [1.54, 1.807) is 25.1 Å². The van der Waals surface area contributed by atoms with E-state index in [0.29, 0.717) is 40.2 Å². The Morgan fingerprint density at radius 1 is 1.06 bits per heavy atom. The molecule has 0 aliphatic carbocycles. The van der Waals surface area contributed by atoms with Crippen LogP contribution in [-0.4, -0.2) is 29.9 Å². The predicted molar refractivity (Wildman–Crippen MR) is 118 cm³/mol. The first kappa shape index (κ1) is 22.7. The molecule has 7 nitrogen and oxygen atoms in total. The van der Waals surface area contributed by atoms with Crippen LogP contribution < -0.4 is 10.6 Å². The van der Waals surface area contributed by atoms with E-state index < -0.39 is 11.8 Å². The average Bonchev–Trinajstić information content (AvgIpc) is 3.14. The zero-order valence-electron chi connectivity index (χ0n) is 18.0. The summed E-state index contributed by atoms with van der Waals surface area (Å²) < 4.78 is 17.9. The predicted octanol–water partition coefficient (Wildman–Crippen LogP) is 3.99. The monoisotopic (exact) mass is 437 g/mol. The van der Waals surface area contributed by atoms with E-state index in [0.717, 1.165) is 5.56 Å². The van der Waals surface area contributed by atoms with Gasteiger partial charge in [0.05, 0.1) is 12.7 Å². The van der Waals surface area contributed by atoms with Gasteiger partial charge in [0.25, 0.3) is 11.8 Å². The van der Waals surface area contributed by atoms with Gasteiger partial charge in [0, 0.05) is 23.5 Å². The standard InChI is InChI=1S/C24H24FN3O4/c1-4-19-20(24(31)32-3)14(2)21(28-19)23(30)26-13-15-6-5-7-18(12-15)27-22(29)16-8-10-17(25)11-9-16/h5-12,28H,4,13H2,1-3H3,(H,26,30)(H,27,29). The van der Waals surface area contributed by atoms with Gasteiger partial charge < -0.3 is 20.4 Å². The summed E-state index contributed by atoms with van der Waals surface area (Å²) in [4.78, 5) is 40.1. The Morgan fingerprint density at radius 3 is 2.44 bits per heavy atom. The second kappa shape index (κ2) is 9.91. The number of ether oxygens (including phenoxy) is 1. The van der Waals surface area contributed by atoms with Gasteiger partial charge in [0.1, 0.15) is 11.5 Å². The van der Waals surface area contributed by atoms with Gasteiger partial charge in [-0.3, -0.25) is 9.59 Å². The molecule has 0 aliphatic heterocycles. The maximum Gasteiger partial charge on any atom is 0.339 e. The van der Waals surface area contributed by atoms with Crippen LogP contribution in [0.25, 0.3) is 0 Å². The number of hydrogen-bond donors (Lipinski definition) is 3. The van der Waals surface area contributed by atoms with Gasteiger partial charge in [-0.2, -0.15) is 0 Å². The van der Waals surface area contributed by atoms with Crippen LogP contribution in [0.1, 0.15) is 54.9 Å². The summed E-state index contributed by atoms with van der Waals surface area (Å²) in [6.45, 7) is 3.79. The lowest BCUT2D eigenvalue weighted by atomic mass is 10.1. The molecule has 0 atom stereocenters. The SMILES string of the molecule is CCc1[nH]c(C(=O)NCc2cccc(NC(=O)c3ccc(F)cc3)c2)c(C)c1C(=O)OC. The van der Waals surface area contributed by atoms with Crippen molar-refractivity contribution < 1.29 is 23.5 Å². The molecule has 166 valence electrons. The zero-order valence-corrected chi connectivity index (χ0v) is 18.0. The molecule has 1 aromatic heterocycles. The number of anilines is 1. The maximum absolute atomic E-state index is 13.0. The number of carbonyl (C=O) groups is 3. The highest BCUT2D eigenvalue weighted by Gasteiger charge is 2.23. The molecule has 32 heavy (non-hydrogen) atoms. The van der Waals surface area contributed by atoms with Gasteiger partial charge in [-0.1, -0.05) is 19.1 Å². The molecule has 0 saturated heterocycles. The fourth-order valence-corrected chi connectivity index (χ4v) is 3.36. The number of rotatable bonds is 7. The van der Waals surface area contributed by atoms with E-state index in [1.807, 2.05) is 13.0 Å². The van der Waals surface area contributed by atoms with Crippen LogP contribution in [0.4, 0.5) is 10.1 Å². The summed E-state index contributed by atoms with van der Waals surface area (Å²) in [7, 11) is 1.30. The molecule has 0 spiro atoms. The Kier molecular flexibility index (Phi) is 7.04. The molecular formula is C24H24FN3O4. The van der Waals surface area contributed by atoms with Gasteiger partial charge in [-0.05, 0) is 60.9 Å². The summed E-state index contributed by atoms with van der Waals surface area (Å²) in [5.41, 5.74) is 3.51. The molecule has 0 saturated carbocycles. The first-order chi connectivity index (χ1) is 15.3. The van der Waals surface area contributed by atoms with Gasteiger partial charge in [0.2, 0.25) is 0 Å². The lowest BCUT2D eigenvalue weighted by Gasteiger charge is -2.09. The third kappa shape index (κ3) is 5.03. The topological polar surface area (TPSA) is 100 Å². The minimum absolute atomic E-state index is 0.215. The number of aromatic nitrogens is 1. The van der Waals surface area contributed by atoms with Crippen molar-refractivity contribution in [2.75, 3.05) is 12.4 Å². The quantitative estimate of drug-likeness (QED) is 0.487. The number of H-pyrrole nitrogens is 1. The largest absolute Gasteiger partial charge is 0.465 e. The Labute approximate surface area is 185 Å². The number of hydrogen-bond acceptors (Lipinski definition) is 4. The minimum Gasteiger partial charge on any atom is -0.465 e. The summed E-state index contributed by atoms with van der Waals surface area (Å²) >= 11 is 0. The molecule has 0 fully saturated rings. The van der Waals surface area contributed by atoms with Crippen molar-refractivity contribution in [1.82, 2.24) is 10.3 Å². The fraction of sp³-hybridized carbons (Fsp3) is 0.208. The van der Waals surface area contributed by atoms with E-state index in [1.165, 1.54) is 31.4 Å². The van der Waals surface area contributed by atoms with Crippen LogP contribution in [0.5, 0.6) is 0 Å². The van der Waals surface area contributed by atoms with Crippen LogP contribution in [0, 0.1) is 12.7 Å². The lowest BCUT2D eigenvalue weighted by Crippen LogP contribution is -2.24. The second-order valence-electron chi connectivity index (χ2n) is 7.17. The first-order valence-electron chi connectivity index (χ1n) is 10.1. The van der Waals surface area contributed by atoms with Crippen LogP contribution in [-0.2, 0) is 17.7 Å². The number of halogens is 1. The highest BCUT2D eigenvalue weighted by atomic mass is 19.1. The van der Waals surface area contributed by atoms with Crippen molar-refractivity contribution in [3.63, 3.8) is 0 Å². The first-order valence-corrected chi connectivity index (χ1v) is 10.1. The molecule has 3 N–H and O–H groups in total. The summed E-state index contributed by atoms with van der Waals surface area (Å²) in [6, 6.07) is 12.3. The van der Waals surface area contributed by atoms with E-state index in [-0.39, 0.29) is 18.4 Å². The number of aryl methyl sites for hydroxylation is 1. The molecule has 2 amide bonds. The van der Waals surface area contributed by atoms with E-state index in [9.17, 15) is 18.8 Å². The van der Waals surface area contributed by atoms with Crippen molar-refractivity contribution in [3.8, 4) is 0 Å². The number of nitrogens with one attached hydrogen (secondary N) is 3. The van der Waals surface area contributed by atoms with Crippen molar-refractivity contribution in [3.05, 3.63) is 88.0 Å². The Hall–Kier alpha value is -3.94. The second-order valence-corrected chi connectivity index (χ2v) is 7.17. The third-order valence-electron chi connectivity index (χ3n) is 5.04. The van der Waals surface area contributed by atoms with Crippen molar-refractivity contribution >= 4 is 23.5 Å². The molecular weight excluding hydrogens is 413 g/mol. The Balaban J connectivity index is 1.68. The molecule has 3 aromatic rings. The summed E-state index contributed by atoms with van der Waals surface area (Å²) in [6.07, 6.45) is 0.550. The Bertz CT molecular complexity index is 1150. The molecule has 2 aromatic carbocycles. The molecule has 0 unspecified atom stereocenters. The molecule has 0 bridgehead atoms. The van der Waals surface area contributed by atoms with E-state index in [4.69, 9.17) is 4.74 Å². The average molecular weight is 437 g/mol. The molecule has 8 heteroatoms. The highest BCUT2D eigenvalue weighted by molar-refractivity contribution is 6.04. The third-order valence-corrected chi connectivity index (χ3v) is 5.04. The number of carbonyl (C=O) groups excluding carboxylic acids is 3. The van der Waals surface area contributed by atoms with Gasteiger partial charge in [0.15, 0.2) is 0 Å². The van der Waals surface area contributed by atoms with Crippen LogP contribution in [0.15, 0.2) is 48.5 Å². The van der Waals surface area contributed by atoms with E-state index in [2.05, 4.69) is 15.6 Å². The lowest BCUT2D eigenvalue weighted by molar-refractivity contribution is 0.0598.